The molecule has 0 spiro atoms. The third-order valence-electron chi connectivity index (χ3n) is 2.68. The average molecular weight is 214 g/mol. The Balaban J connectivity index is 2.55. The predicted octanol–water partition coefficient (Wildman–Crippen LogP) is 2.82. The number of ketones is 2. The molecule has 0 radical (unpaired) electrons. The van der Waals surface area contributed by atoms with E-state index in [9.17, 15) is 9.59 Å². The zero-order valence-electron chi connectivity index (χ0n) is 9.49. The Morgan fingerprint density at radius 3 is 2.44 bits per heavy atom. The first kappa shape index (κ1) is 10.8. The molecule has 0 unspecified atom stereocenters. The van der Waals surface area contributed by atoms with Crippen molar-refractivity contribution in [2.75, 3.05) is 0 Å². The van der Waals surface area contributed by atoms with Crippen LogP contribution in [0.1, 0.15) is 40.1 Å². The van der Waals surface area contributed by atoms with E-state index in [0.717, 1.165) is 12.0 Å². The maximum absolute atomic E-state index is 11.8. The van der Waals surface area contributed by atoms with Crippen LogP contribution in [0, 0.1) is 5.92 Å². The second-order valence-electron chi connectivity index (χ2n) is 4.50. The lowest BCUT2D eigenvalue weighted by atomic mass is 9.87. The summed E-state index contributed by atoms with van der Waals surface area (Å²) in [6.07, 6.45) is 3.55. The standard InChI is InChI=1S/C14H14O2/c1-9(2)8-10-4-3-5-11-12(15)6-7-13(16)14(10)11/h3-7,9H,8H2,1-2H3. The highest BCUT2D eigenvalue weighted by atomic mass is 16.1. The van der Waals surface area contributed by atoms with Gasteiger partial charge in [-0.3, -0.25) is 9.59 Å². The average Bonchev–Trinajstić information content (AvgIpc) is 2.23. The number of carbonyl (C=O) groups is 2. The van der Waals surface area contributed by atoms with Gasteiger partial charge in [0.05, 0.1) is 0 Å². The molecule has 2 heteroatoms. The summed E-state index contributed by atoms with van der Waals surface area (Å²) in [6.45, 7) is 4.20. The largest absolute Gasteiger partial charge is 0.289 e. The van der Waals surface area contributed by atoms with Crippen LogP contribution in [0.5, 0.6) is 0 Å². The molecular formula is C14H14O2. The van der Waals surface area contributed by atoms with Crippen LogP contribution in [-0.4, -0.2) is 11.6 Å². The Morgan fingerprint density at radius 2 is 1.75 bits per heavy atom. The molecule has 0 atom stereocenters. The zero-order chi connectivity index (χ0) is 11.7. The molecule has 2 nitrogen and oxygen atoms in total. The van der Waals surface area contributed by atoms with E-state index < -0.39 is 0 Å². The van der Waals surface area contributed by atoms with Gasteiger partial charge in [0.2, 0.25) is 0 Å². The van der Waals surface area contributed by atoms with Crippen LogP contribution in [0.15, 0.2) is 30.4 Å². The van der Waals surface area contributed by atoms with Gasteiger partial charge in [-0.15, -0.1) is 0 Å². The number of hydrogen-bond acceptors (Lipinski definition) is 2. The molecule has 2 rings (SSSR count). The minimum atomic E-state index is -0.0693. The molecule has 0 saturated heterocycles. The van der Waals surface area contributed by atoms with E-state index in [4.69, 9.17) is 0 Å². The summed E-state index contributed by atoms with van der Waals surface area (Å²) in [5, 5.41) is 0. The van der Waals surface area contributed by atoms with E-state index in [1.165, 1.54) is 12.2 Å². The fraction of sp³-hybridized carbons (Fsp3) is 0.286. The Kier molecular flexibility index (Phi) is 2.73. The SMILES string of the molecule is CC(C)Cc1cccc2c1C(=O)C=CC2=O. The Morgan fingerprint density at radius 1 is 1.06 bits per heavy atom. The van der Waals surface area contributed by atoms with E-state index in [1.54, 1.807) is 6.07 Å². The lowest BCUT2D eigenvalue weighted by Gasteiger charge is -2.15. The molecule has 0 N–H and O–H groups in total. The Labute approximate surface area is 95.0 Å². The third kappa shape index (κ3) is 1.83. The normalized spacial score (nSPS) is 14.4. The first-order chi connectivity index (χ1) is 7.59. The maximum Gasteiger partial charge on any atom is 0.186 e. The summed E-state index contributed by atoms with van der Waals surface area (Å²) < 4.78 is 0. The van der Waals surface area contributed by atoms with Gasteiger partial charge in [0.25, 0.3) is 0 Å². The zero-order valence-corrected chi connectivity index (χ0v) is 9.49. The molecule has 0 heterocycles. The lowest BCUT2D eigenvalue weighted by molar-refractivity contribution is 0.0993. The number of hydrogen-bond donors (Lipinski definition) is 0. The number of fused-ring (bicyclic) bond motifs is 1. The van der Waals surface area contributed by atoms with Crippen LogP contribution in [0.4, 0.5) is 0 Å². The van der Waals surface area contributed by atoms with Crippen molar-refractivity contribution in [2.24, 2.45) is 5.92 Å². The summed E-state index contributed by atoms with van der Waals surface area (Å²) in [5.74, 6) is 0.353. The van der Waals surface area contributed by atoms with E-state index in [-0.39, 0.29) is 11.6 Å². The van der Waals surface area contributed by atoms with Crippen molar-refractivity contribution in [3.8, 4) is 0 Å². The van der Waals surface area contributed by atoms with Gasteiger partial charge in [0.15, 0.2) is 11.6 Å². The number of benzene rings is 1. The van der Waals surface area contributed by atoms with Crippen LogP contribution in [0.2, 0.25) is 0 Å². The van der Waals surface area contributed by atoms with Crippen molar-refractivity contribution in [1.82, 2.24) is 0 Å². The molecule has 0 aromatic heterocycles. The highest BCUT2D eigenvalue weighted by Gasteiger charge is 2.21. The smallest absolute Gasteiger partial charge is 0.186 e. The van der Waals surface area contributed by atoms with Crippen molar-refractivity contribution < 1.29 is 9.59 Å². The number of allylic oxidation sites excluding steroid dienone is 2. The van der Waals surface area contributed by atoms with E-state index >= 15 is 0 Å². The molecule has 0 bridgehead atoms. The van der Waals surface area contributed by atoms with Gasteiger partial charge in [0.1, 0.15) is 0 Å². The van der Waals surface area contributed by atoms with Crippen LogP contribution in [0.25, 0.3) is 0 Å². The molecule has 1 aromatic rings. The molecule has 1 aliphatic carbocycles. The Hall–Kier alpha value is -1.70. The van der Waals surface area contributed by atoms with Gasteiger partial charge in [0, 0.05) is 11.1 Å². The first-order valence-corrected chi connectivity index (χ1v) is 5.48. The van der Waals surface area contributed by atoms with E-state index in [1.807, 2.05) is 12.1 Å². The Bertz CT molecular complexity index is 482. The van der Waals surface area contributed by atoms with Crippen molar-refractivity contribution >= 4 is 11.6 Å². The fourth-order valence-corrected chi connectivity index (χ4v) is 2.03. The van der Waals surface area contributed by atoms with Crippen LogP contribution >= 0.6 is 0 Å². The minimum Gasteiger partial charge on any atom is -0.289 e. The van der Waals surface area contributed by atoms with E-state index in [2.05, 4.69) is 13.8 Å². The lowest BCUT2D eigenvalue weighted by Crippen LogP contribution is -2.15. The summed E-state index contributed by atoms with van der Waals surface area (Å²) in [6, 6.07) is 5.51. The predicted molar refractivity (Wildman–Crippen MR) is 62.8 cm³/mol. The summed E-state index contributed by atoms with van der Waals surface area (Å²) in [5.41, 5.74) is 2.13. The number of rotatable bonds is 2. The summed E-state index contributed by atoms with van der Waals surface area (Å²) in [4.78, 5) is 23.4. The monoisotopic (exact) mass is 214 g/mol. The summed E-state index contributed by atoms with van der Waals surface area (Å²) >= 11 is 0. The topological polar surface area (TPSA) is 34.1 Å². The molecule has 1 aromatic carbocycles. The van der Waals surface area contributed by atoms with Crippen molar-refractivity contribution in [2.45, 2.75) is 20.3 Å². The molecule has 0 fully saturated rings. The first-order valence-electron chi connectivity index (χ1n) is 5.48. The van der Waals surface area contributed by atoms with E-state index in [0.29, 0.717) is 17.0 Å². The molecule has 82 valence electrons. The fourth-order valence-electron chi connectivity index (χ4n) is 2.03. The van der Waals surface area contributed by atoms with Crippen molar-refractivity contribution in [3.63, 3.8) is 0 Å². The molecule has 16 heavy (non-hydrogen) atoms. The maximum atomic E-state index is 11.8. The van der Waals surface area contributed by atoms with Crippen LogP contribution < -0.4 is 0 Å². The molecule has 0 saturated carbocycles. The molecular weight excluding hydrogens is 200 g/mol. The molecule has 0 amide bonds. The highest BCUT2D eigenvalue weighted by molar-refractivity contribution is 6.22. The van der Waals surface area contributed by atoms with Gasteiger partial charge in [-0.2, -0.15) is 0 Å². The second-order valence-corrected chi connectivity index (χ2v) is 4.50. The van der Waals surface area contributed by atoms with Gasteiger partial charge < -0.3 is 0 Å². The van der Waals surface area contributed by atoms with Gasteiger partial charge >= 0.3 is 0 Å². The van der Waals surface area contributed by atoms with Gasteiger partial charge in [-0.05, 0) is 30.1 Å². The quantitative estimate of drug-likeness (QED) is 0.758. The molecule has 0 aliphatic heterocycles. The minimum absolute atomic E-state index is 0.0501. The second kappa shape index (κ2) is 4.05. The van der Waals surface area contributed by atoms with Crippen molar-refractivity contribution in [1.29, 1.82) is 0 Å². The van der Waals surface area contributed by atoms with Gasteiger partial charge in [-0.1, -0.05) is 32.0 Å². The summed E-state index contributed by atoms with van der Waals surface area (Å²) in [7, 11) is 0. The highest BCUT2D eigenvalue weighted by Crippen LogP contribution is 2.23. The van der Waals surface area contributed by atoms with Crippen LogP contribution in [0.3, 0.4) is 0 Å². The van der Waals surface area contributed by atoms with Crippen molar-refractivity contribution in [3.05, 3.63) is 47.0 Å². The van der Waals surface area contributed by atoms with Crippen LogP contribution in [-0.2, 0) is 6.42 Å². The number of carbonyl (C=O) groups excluding carboxylic acids is 2. The van der Waals surface area contributed by atoms with Gasteiger partial charge in [-0.25, -0.2) is 0 Å². The third-order valence-corrected chi connectivity index (χ3v) is 2.68. The molecule has 1 aliphatic rings.